The number of rotatable bonds is 6. The molecule has 1 aromatic heterocycles. The first-order chi connectivity index (χ1) is 9.25. The van der Waals surface area contributed by atoms with E-state index in [0.29, 0.717) is 12.6 Å². The van der Waals surface area contributed by atoms with Crippen LogP contribution in [0.25, 0.3) is 0 Å². The van der Waals surface area contributed by atoms with Crippen LogP contribution in [0.1, 0.15) is 42.6 Å². The van der Waals surface area contributed by atoms with Crippen molar-refractivity contribution in [2.45, 2.75) is 38.2 Å². The van der Waals surface area contributed by atoms with Crippen molar-refractivity contribution in [2.75, 3.05) is 13.2 Å². The normalized spacial score (nSPS) is 18.4. The molecule has 0 radical (unpaired) electrons. The van der Waals surface area contributed by atoms with Crippen molar-refractivity contribution in [2.24, 2.45) is 0 Å². The highest BCUT2D eigenvalue weighted by atomic mass is 16.5. The summed E-state index contributed by atoms with van der Waals surface area (Å²) in [5, 5.41) is 2.78. The first-order valence-electron chi connectivity index (χ1n) is 6.70. The zero-order chi connectivity index (χ0) is 13.5. The molecular formula is C13H19N3O3. The quantitative estimate of drug-likeness (QED) is 0.747. The average molecular weight is 265 g/mol. The zero-order valence-electron chi connectivity index (χ0n) is 10.9. The fourth-order valence-corrected chi connectivity index (χ4v) is 2.13. The SMILES string of the molecule is O=C(NCCCC[C@H]1CCCO1)c1c[nH]c(=O)cn1. The monoisotopic (exact) mass is 265 g/mol. The summed E-state index contributed by atoms with van der Waals surface area (Å²) in [7, 11) is 0. The molecule has 6 nitrogen and oxygen atoms in total. The van der Waals surface area contributed by atoms with Crippen molar-refractivity contribution in [1.29, 1.82) is 0 Å². The fraction of sp³-hybridized carbons (Fsp3) is 0.615. The van der Waals surface area contributed by atoms with Gasteiger partial charge in [0.05, 0.1) is 12.3 Å². The standard InChI is InChI=1S/C13H19N3O3/c17-12-9-15-11(8-16-12)13(18)14-6-2-1-4-10-5-3-7-19-10/h8-10H,1-7H2,(H,14,18)(H,16,17)/t10-/m0/s1. The Morgan fingerprint density at radius 2 is 2.42 bits per heavy atom. The number of hydrogen-bond acceptors (Lipinski definition) is 4. The maximum atomic E-state index is 11.7. The molecule has 0 unspecified atom stereocenters. The van der Waals surface area contributed by atoms with E-state index in [1.165, 1.54) is 12.6 Å². The Labute approximate surface area is 111 Å². The summed E-state index contributed by atoms with van der Waals surface area (Å²) in [5.41, 5.74) is -0.0770. The van der Waals surface area contributed by atoms with Gasteiger partial charge in [0.2, 0.25) is 0 Å². The molecule has 6 heteroatoms. The highest BCUT2D eigenvalue weighted by molar-refractivity contribution is 5.91. The molecule has 2 N–H and O–H groups in total. The number of unbranched alkanes of at least 4 members (excludes halogenated alkanes) is 1. The number of hydrogen-bond donors (Lipinski definition) is 2. The van der Waals surface area contributed by atoms with Crippen LogP contribution in [0.5, 0.6) is 0 Å². The third-order valence-corrected chi connectivity index (χ3v) is 3.17. The minimum atomic E-state index is -0.312. The molecule has 0 aromatic carbocycles. The van der Waals surface area contributed by atoms with Crippen LogP contribution in [0.3, 0.4) is 0 Å². The van der Waals surface area contributed by atoms with Crippen molar-refractivity contribution < 1.29 is 9.53 Å². The second-order valence-electron chi connectivity index (χ2n) is 4.68. The number of aromatic nitrogens is 2. The number of ether oxygens (including phenoxy) is 1. The number of H-pyrrole nitrogens is 1. The van der Waals surface area contributed by atoms with E-state index in [9.17, 15) is 9.59 Å². The number of carbonyl (C=O) groups is 1. The van der Waals surface area contributed by atoms with Crippen LogP contribution >= 0.6 is 0 Å². The third kappa shape index (κ3) is 4.48. The summed E-state index contributed by atoms with van der Waals surface area (Å²) >= 11 is 0. The van der Waals surface area contributed by atoms with E-state index in [1.54, 1.807) is 0 Å². The predicted octanol–water partition coefficient (Wildman–Crippen LogP) is 0.849. The lowest BCUT2D eigenvalue weighted by Crippen LogP contribution is -2.26. The van der Waals surface area contributed by atoms with Gasteiger partial charge >= 0.3 is 0 Å². The minimum Gasteiger partial charge on any atom is -0.378 e. The maximum Gasteiger partial charge on any atom is 0.271 e. The predicted molar refractivity (Wildman–Crippen MR) is 70.0 cm³/mol. The van der Waals surface area contributed by atoms with Crippen molar-refractivity contribution in [3.8, 4) is 0 Å². The fourth-order valence-electron chi connectivity index (χ4n) is 2.13. The molecule has 1 aliphatic rings. The van der Waals surface area contributed by atoms with Gasteiger partial charge in [0, 0.05) is 19.3 Å². The first-order valence-corrected chi connectivity index (χ1v) is 6.70. The van der Waals surface area contributed by atoms with Gasteiger partial charge in [-0.15, -0.1) is 0 Å². The molecular weight excluding hydrogens is 246 g/mol. The van der Waals surface area contributed by atoms with Gasteiger partial charge < -0.3 is 15.0 Å². The zero-order valence-corrected chi connectivity index (χ0v) is 10.9. The second kappa shape index (κ2) is 7.04. The summed E-state index contributed by atoms with van der Waals surface area (Å²) in [4.78, 5) is 28.7. The summed E-state index contributed by atoms with van der Waals surface area (Å²) in [6.45, 7) is 1.51. The molecule has 0 saturated carbocycles. The van der Waals surface area contributed by atoms with Gasteiger partial charge in [-0.3, -0.25) is 9.59 Å². The van der Waals surface area contributed by atoms with Gasteiger partial charge in [-0.1, -0.05) is 0 Å². The molecule has 1 fully saturated rings. The molecule has 1 saturated heterocycles. The molecule has 1 aliphatic heterocycles. The van der Waals surface area contributed by atoms with E-state index in [4.69, 9.17) is 4.74 Å². The molecule has 1 atom stereocenters. The van der Waals surface area contributed by atoms with E-state index in [-0.39, 0.29) is 17.2 Å². The topological polar surface area (TPSA) is 84.1 Å². The maximum absolute atomic E-state index is 11.7. The van der Waals surface area contributed by atoms with Gasteiger partial charge in [-0.25, -0.2) is 4.98 Å². The molecule has 0 bridgehead atoms. The second-order valence-corrected chi connectivity index (χ2v) is 4.68. The molecule has 1 amide bonds. The Morgan fingerprint density at radius 1 is 1.53 bits per heavy atom. The minimum absolute atomic E-state index is 0.235. The van der Waals surface area contributed by atoms with Crippen LogP contribution in [0, 0.1) is 0 Å². The molecule has 2 rings (SSSR count). The van der Waals surface area contributed by atoms with Crippen LogP contribution in [0.15, 0.2) is 17.2 Å². The smallest absolute Gasteiger partial charge is 0.271 e. The van der Waals surface area contributed by atoms with Crippen LogP contribution in [-0.2, 0) is 4.74 Å². The van der Waals surface area contributed by atoms with Gasteiger partial charge in [0.1, 0.15) is 5.69 Å². The summed E-state index contributed by atoms with van der Waals surface area (Å²) < 4.78 is 5.53. The van der Waals surface area contributed by atoms with Crippen LogP contribution in [-0.4, -0.2) is 35.1 Å². The van der Waals surface area contributed by atoms with E-state index < -0.39 is 0 Å². The van der Waals surface area contributed by atoms with Gasteiger partial charge in [-0.2, -0.15) is 0 Å². The lowest BCUT2D eigenvalue weighted by molar-refractivity contribution is 0.0942. The Morgan fingerprint density at radius 3 is 3.11 bits per heavy atom. The first kappa shape index (κ1) is 13.7. The van der Waals surface area contributed by atoms with E-state index >= 15 is 0 Å². The molecule has 0 spiro atoms. The molecule has 19 heavy (non-hydrogen) atoms. The molecule has 0 aliphatic carbocycles. The van der Waals surface area contributed by atoms with Crippen molar-refractivity contribution in [3.05, 3.63) is 28.4 Å². The van der Waals surface area contributed by atoms with Crippen molar-refractivity contribution >= 4 is 5.91 Å². The van der Waals surface area contributed by atoms with Crippen LogP contribution in [0.2, 0.25) is 0 Å². The summed E-state index contributed by atoms with van der Waals surface area (Å²) in [6, 6.07) is 0. The third-order valence-electron chi connectivity index (χ3n) is 3.17. The largest absolute Gasteiger partial charge is 0.378 e. The lowest BCUT2D eigenvalue weighted by Gasteiger charge is -2.09. The Bertz CT molecular complexity index is 446. The number of carbonyl (C=O) groups excluding carboxylic acids is 1. The number of aromatic amines is 1. The summed E-state index contributed by atoms with van der Waals surface area (Å²) in [5.74, 6) is -0.256. The lowest BCUT2D eigenvalue weighted by atomic mass is 10.1. The van der Waals surface area contributed by atoms with Crippen LogP contribution in [0.4, 0.5) is 0 Å². The van der Waals surface area contributed by atoms with E-state index in [2.05, 4.69) is 15.3 Å². The van der Waals surface area contributed by atoms with Crippen molar-refractivity contribution in [1.82, 2.24) is 15.3 Å². The summed E-state index contributed by atoms with van der Waals surface area (Å²) in [6.07, 6.45) is 8.20. The molecule has 104 valence electrons. The van der Waals surface area contributed by atoms with E-state index in [1.807, 2.05) is 0 Å². The number of amides is 1. The Balaban J connectivity index is 1.61. The number of nitrogens with one attached hydrogen (secondary N) is 2. The van der Waals surface area contributed by atoms with Gasteiger partial charge in [-0.05, 0) is 32.1 Å². The molecule has 2 heterocycles. The van der Waals surface area contributed by atoms with Crippen molar-refractivity contribution in [3.63, 3.8) is 0 Å². The number of nitrogens with zero attached hydrogens (tertiary/aromatic N) is 1. The van der Waals surface area contributed by atoms with Crippen LogP contribution < -0.4 is 10.9 Å². The average Bonchev–Trinajstić information content (AvgIpc) is 2.92. The highest BCUT2D eigenvalue weighted by Gasteiger charge is 2.14. The Kier molecular flexibility index (Phi) is 5.09. The van der Waals surface area contributed by atoms with Gasteiger partial charge in [0.25, 0.3) is 11.5 Å². The Hall–Kier alpha value is -1.69. The molecule has 1 aromatic rings. The van der Waals surface area contributed by atoms with Gasteiger partial charge in [0.15, 0.2) is 0 Å². The highest BCUT2D eigenvalue weighted by Crippen LogP contribution is 2.17. The van der Waals surface area contributed by atoms with E-state index in [0.717, 1.165) is 38.5 Å².